The monoisotopic (exact) mass is 243 g/mol. The van der Waals surface area contributed by atoms with Gasteiger partial charge in [-0.3, -0.25) is 0 Å². The van der Waals surface area contributed by atoms with Crippen LogP contribution in [0.15, 0.2) is 36.7 Å². The van der Waals surface area contributed by atoms with Gasteiger partial charge in [-0.15, -0.1) is 0 Å². The number of anilines is 1. The molecule has 0 amide bonds. The molecule has 0 radical (unpaired) electrons. The lowest BCUT2D eigenvalue weighted by Crippen LogP contribution is -2.02. The van der Waals surface area contributed by atoms with Gasteiger partial charge in [0.15, 0.2) is 0 Å². The predicted octanol–water partition coefficient (Wildman–Crippen LogP) is 3.11. The van der Waals surface area contributed by atoms with Crippen LogP contribution in [0.5, 0.6) is 0 Å². The molecule has 1 saturated carbocycles. The summed E-state index contributed by atoms with van der Waals surface area (Å²) in [6, 6.07) is 8.47. The van der Waals surface area contributed by atoms with Crippen molar-refractivity contribution in [3.8, 4) is 0 Å². The van der Waals surface area contributed by atoms with E-state index in [9.17, 15) is 4.39 Å². The Kier molecular flexibility index (Phi) is 2.92. The fourth-order valence-corrected chi connectivity index (χ4v) is 1.87. The topological polar surface area (TPSA) is 37.8 Å². The number of rotatable bonds is 4. The van der Waals surface area contributed by atoms with Crippen LogP contribution >= 0.6 is 0 Å². The number of nitrogens with one attached hydrogen (secondary N) is 1. The molecule has 1 N–H and O–H groups in total. The summed E-state index contributed by atoms with van der Waals surface area (Å²) in [6.45, 7) is 0.640. The second-order valence-electron chi connectivity index (χ2n) is 4.58. The lowest BCUT2D eigenvalue weighted by Gasteiger charge is -2.06. The van der Waals surface area contributed by atoms with Crippen molar-refractivity contribution in [2.45, 2.75) is 25.3 Å². The highest BCUT2D eigenvalue weighted by atomic mass is 19.1. The lowest BCUT2D eigenvalue weighted by molar-refractivity contribution is 0.627. The van der Waals surface area contributed by atoms with E-state index >= 15 is 0 Å². The summed E-state index contributed by atoms with van der Waals surface area (Å²) in [6.07, 6.45) is 4.06. The van der Waals surface area contributed by atoms with Gasteiger partial charge in [-0.2, -0.15) is 0 Å². The minimum absolute atomic E-state index is 0.211. The van der Waals surface area contributed by atoms with E-state index in [1.807, 2.05) is 6.07 Å². The van der Waals surface area contributed by atoms with E-state index in [1.165, 1.54) is 25.0 Å². The zero-order valence-electron chi connectivity index (χ0n) is 9.94. The Labute approximate surface area is 105 Å². The summed E-state index contributed by atoms with van der Waals surface area (Å²) in [5.41, 5.74) is 2.15. The molecule has 18 heavy (non-hydrogen) atoms. The van der Waals surface area contributed by atoms with E-state index in [1.54, 1.807) is 18.5 Å². The van der Waals surface area contributed by atoms with Crippen molar-refractivity contribution in [3.05, 3.63) is 53.7 Å². The molecule has 3 nitrogen and oxygen atoms in total. The number of aromatic nitrogens is 2. The molecule has 3 rings (SSSR count). The SMILES string of the molecule is Fc1ccc(CNc2cc(C3CC3)ncn2)cc1. The Morgan fingerprint density at radius 1 is 1.17 bits per heavy atom. The third-order valence-corrected chi connectivity index (χ3v) is 3.07. The molecule has 0 unspecified atom stereocenters. The molecule has 1 aliphatic rings. The Bertz CT molecular complexity index is 535. The molecule has 1 heterocycles. The van der Waals surface area contributed by atoms with Crippen LogP contribution in [0.1, 0.15) is 30.0 Å². The minimum Gasteiger partial charge on any atom is -0.366 e. The maximum atomic E-state index is 12.8. The van der Waals surface area contributed by atoms with Crippen LogP contribution in [0, 0.1) is 5.82 Å². The average molecular weight is 243 g/mol. The van der Waals surface area contributed by atoms with Crippen molar-refractivity contribution < 1.29 is 4.39 Å². The van der Waals surface area contributed by atoms with Crippen LogP contribution in [0.25, 0.3) is 0 Å². The van der Waals surface area contributed by atoms with Gasteiger partial charge < -0.3 is 5.32 Å². The first-order valence-electron chi connectivity index (χ1n) is 6.11. The molecular weight excluding hydrogens is 229 g/mol. The molecule has 92 valence electrons. The zero-order chi connectivity index (χ0) is 12.4. The van der Waals surface area contributed by atoms with E-state index in [0.29, 0.717) is 12.5 Å². The molecule has 4 heteroatoms. The Balaban J connectivity index is 1.65. The van der Waals surface area contributed by atoms with Crippen LogP contribution in [0.4, 0.5) is 10.2 Å². The Morgan fingerprint density at radius 2 is 1.94 bits per heavy atom. The van der Waals surface area contributed by atoms with Gasteiger partial charge in [0.25, 0.3) is 0 Å². The summed E-state index contributed by atoms with van der Waals surface area (Å²) < 4.78 is 12.8. The van der Waals surface area contributed by atoms with Crippen molar-refractivity contribution in [2.75, 3.05) is 5.32 Å². The largest absolute Gasteiger partial charge is 0.366 e. The molecule has 0 spiro atoms. The molecule has 2 aromatic rings. The first kappa shape index (κ1) is 11.1. The fraction of sp³-hybridized carbons (Fsp3) is 0.286. The maximum absolute atomic E-state index is 12.8. The molecular formula is C14H14FN3. The van der Waals surface area contributed by atoms with Crippen molar-refractivity contribution in [2.24, 2.45) is 0 Å². The van der Waals surface area contributed by atoms with E-state index in [-0.39, 0.29) is 5.82 Å². The summed E-state index contributed by atoms with van der Waals surface area (Å²) >= 11 is 0. The molecule has 0 aliphatic heterocycles. The summed E-state index contributed by atoms with van der Waals surface area (Å²) in [5.74, 6) is 1.24. The van der Waals surface area contributed by atoms with Gasteiger partial charge in [-0.1, -0.05) is 12.1 Å². The average Bonchev–Trinajstić information content (AvgIpc) is 3.23. The molecule has 0 bridgehead atoms. The van der Waals surface area contributed by atoms with Crippen LogP contribution in [0.2, 0.25) is 0 Å². The number of hydrogen-bond donors (Lipinski definition) is 1. The fourth-order valence-electron chi connectivity index (χ4n) is 1.87. The number of halogens is 1. The molecule has 1 aromatic carbocycles. The van der Waals surface area contributed by atoms with Crippen molar-refractivity contribution >= 4 is 5.82 Å². The van der Waals surface area contributed by atoms with Crippen LogP contribution in [-0.2, 0) is 6.54 Å². The van der Waals surface area contributed by atoms with E-state index in [0.717, 1.165) is 17.1 Å². The number of nitrogens with zero attached hydrogens (tertiary/aromatic N) is 2. The molecule has 1 aromatic heterocycles. The van der Waals surface area contributed by atoms with Gasteiger partial charge in [0.2, 0.25) is 0 Å². The highest BCUT2D eigenvalue weighted by Crippen LogP contribution is 2.39. The second kappa shape index (κ2) is 4.72. The van der Waals surface area contributed by atoms with Gasteiger partial charge in [-0.25, -0.2) is 14.4 Å². The third-order valence-electron chi connectivity index (χ3n) is 3.07. The van der Waals surface area contributed by atoms with Gasteiger partial charge >= 0.3 is 0 Å². The summed E-state index contributed by atoms with van der Waals surface area (Å²) in [5, 5.41) is 3.23. The van der Waals surface area contributed by atoms with Gasteiger partial charge in [0.1, 0.15) is 18.0 Å². The van der Waals surface area contributed by atoms with E-state index in [4.69, 9.17) is 0 Å². The highest BCUT2D eigenvalue weighted by molar-refractivity contribution is 5.37. The number of benzene rings is 1. The number of hydrogen-bond acceptors (Lipinski definition) is 3. The van der Waals surface area contributed by atoms with Crippen molar-refractivity contribution in [1.29, 1.82) is 0 Å². The van der Waals surface area contributed by atoms with Gasteiger partial charge in [0, 0.05) is 24.2 Å². The van der Waals surface area contributed by atoms with Crippen molar-refractivity contribution in [3.63, 3.8) is 0 Å². The Morgan fingerprint density at radius 3 is 2.67 bits per heavy atom. The maximum Gasteiger partial charge on any atom is 0.129 e. The first-order chi connectivity index (χ1) is 8.81. The van der Waals surface area contributed by atoms with E-state index < -0.39 is 0 Å². The van der Waals surface area contributed by atoms with Crippen LogP contribution in [0.3, 0.4) is 0 Å². The first-order valence-corrected chi connectivity index (χ1v) is 6.11. The third kappa shape index (κ3) is 2.64. The Hall–Kier alpha value is -1.97. The van der Waals surface area contributed by atoms with Gasteiger partial charge in [0.05, 0.1) is 0 Å². The van der Waals surface area contributed by atoms with Crippen molar-refractivity contribution in [1.82, 2.24) is 9.97 Å². The lowest BCUT2D eigenvalue weighted by atomic mass is 10.2. The summed E-state index contributed by atoms with van der Waals surface area (Å²) in [7, 11) is 0. The summed E-state index contributed by atoms with van der Waals surface area (Å²) in [4.78, 5) is 8.45. The standard InChI is InChI=1S/C14H14FN3/c15-12-5-1-10(2-6-12)8-16-14-7-13(11-3-4-11)17-9-18-14/h1-2,5-7,9,11H,3-4,8H2,(H,16,17,18). The normalized spacial score (nSPS) is 14.5. The predicted molar refractivity (Wildman–Crippen MR) is 67.7 cm³/mol. The van der Waals surface area contributed by atoms with Gasteiger partial charge in [-0.05, 0) is 30.5 Å². The second-order valence-corrected chi connectivity index (χ2v) is 4.58. The highest BCUT2D eigenvalue weighted by Gasteiger charge is 2.25. The molecule has 0 atom stereocenters. The molecule has 1 fully saturated rings. The molecule has 0 saturated heterocycles. The smallest absolute Gasteiger partial charge is 0.129 e. The zero-order valence-corrected chi connectivity index (χ0v) is 9.94. The molecule has 1 aliphatic carbocycles. The quantitative estimate of drug-likeness (QED) is 0.896. The minimum atomic E-state index is -0.211. The van der Waals surface area contributed by atoms with Crippen LogP contribution < -0.4 is 5.32 Å². The van der Waals surface area contributed by atoms with Crippen LogP contribution in [-0.4, -0.2) is 9.97 Å². The van der Waals surface area contributed by atoms with E-state index in [2.05, 4.69) is 15.3 Å².